The Morgan fingerprint density at radius 3 is 2.42 bits per heavy atom. The van der Waals surface area contributed by atoms with E-state index in [1.54, 1.807) is 7.11 Å². The van der Waals surface area contributed by atoms with Crippen molar-refractivity contribution in [2.24, 2.45) is 0 Å². The highest BCUT2D eigenvalue weighted by Crippen LogP contribution is 2.29. The van der Waals surface area contributed by atoms with Gasteiger partial charge in [-0.1, -0.05) is 54.2 Å². The first kappa shape index (κ1) is 22.7. The van der Waals surface area contributed by atoms with Crippen LogP contribution in [0.1, 0.15) is 24.5 Å². The number of rotatable bonds is 7. The van der Waals surface area contributed by atoms with E-state index in [0.29, 0.717) is 19.5 Å². The second kappa shape index (κ2) is 10.9. The Bertz CT molecular complexity index is 904. The molecule has 2 amide bonds. The van der Waals surface area contributed by atoms with Crippen molar-refractivity contribution in [3.63, 3.8) is 0 Å². The summed E-state index contributed by atoms with van der Waals surface area (Å²) in [5.74, 6) is 0.474. The lowest BCUT2D eigenvalue weighted by Crippen LogP contribution is -2.45. The number of hydrogen-bond acceptors (Lipinski definition) is 6. The molecule has 0 aliphatic carbocycles. The fourth-order valence-corrected chi connectivity index (χ4v) is 4.40. The molecule has 0 saturated carbocycles. The first-order valence-corrected chi connectivity index (χ1v) is 10.9. The highest BCUT2D eigenvalue weighted by atomic mass is 32.2. The molecule has 0 bridgehead atoms. The molecule has 164 valence electrons. The lowest BCUT2D eigenvalue weighted by atomic mass is 10.2. The van der Waals surface area contributed by atoms with Crippen molar-refractivity contribution in [2.45, 2.75) is 37.8 Å². The van der Waals surface area contributed by atoms with Crippen LogP contribution in [0.3, 0.4) is 0 Å². The Balaban J connectivity index is 1.62. The predicted octanol–water partition coefficient (Wildman–Crippen LogP) is 3.37. The summed E-state index contributed by atoms with van der Waals surface area (Å²) in [6.07, 6.45) is -0.154. The molecule has 31 heavy (non-hydrogen) atoms. The molecule has 0 spiro atoms. The average Bonchev–Trinajstić information content (AvgIpc) is 3.20. The number of ether oxygens (including phenoxy) is 2. The van der Waals surface area contributed by atoms with E-state index in [0.717, 1.165) is 28.6 Å². The normalized spacial score (nSPS) is 17.8. The van der Waals surface area contributed by atoms with Crippen molar-refractivity contribution in [1.82, 2.24) is 10.2 Å². The summed E-state index contributed by atoms with van der Waals surface area (Å²) in [6.45, 7) is 2.23. The van der Waals surface area contributed by atoms with E-state index in [1.165, 1.54) is 11.8 Å². The van der Waals surface area contributed by atoms with Crippen LogP contribution in [-0.4, -0.2) is 47.0 Å². The molecule has 2 atom stereocenters. The molecule has 2 aromatic rings. The third-order valence-corrected chi connectivity index (χ3v) is 5.97. The number of hydrogen-bond donors (Lipinski definition) is 1. The van der Waals surface area contributed by atoms with Crippen molar-refractivity contribution in [2.75, 3.05) is 13.7 Å². The second-order valence-corrected chi connectivity index (χ2v) is 8.72. The zero-order chi connectivity index (χ0) is 22.2. The molecule has 0 radical (unpaired) electrons. The van der Waals surface area contributed by atoms with Crippen LogP contribution in [0.4, 0.5) is 4.79 Å². The minimum absolute atomic E-state index is 0.0399. The smallest absolute Gasteiger partial charge is 0.410 e. The van der Waals surface area contributed by atoms with Crippen molar-refractivity contribution >= 4 is 28.9 Å². The van der Waals surface area contributed by atoms with Gasteiger partial charge < -0.3 is 14.8 Å². The zero-order valence-electron chi connectivity index (χ0n) is 17.6. The van der Waals surface area contributed by atoms with Gasteiger partial charge in [-0.2, -0.15) is 0 Å². The van der Waals surface area contributed by atoms with Gasteiger partial charge in [0.15, 0.2) is 5.12 Å². The molecule has 0 aromatic heterocycles. The number of amides is 2. The zero-order valence-corrected chi connectivity index (χ0v) is 18.4. The first-order chi connectivity index (χ1) is 15.0. The molecule has 8 heteroatoms. The number of thioether (sulfide) groups is 1. The van der Waals surface area contributed by atoms with E-state index in [4.69, 9.17) is 9.47 Å². The van der Waals surface area contributed by atoms with Crippen molar-refractivity contribution in [3.05, 3.63) is 65.7 Å². The maximum absolute atomic E-state index is 12.9. The standard InChI is InChI=1S/C23H26N2O5S/c1-16(26)31-20-12-21(22(27)24-13-17-8-10-19(29-2)11-9-17)25(14-20)23(28)30-15-18-6-4-3-5-7-18/h3-11,20-21H,12-15H2,1-2H3,(H,24,27). The Labute approximate surface area is 186 Å². The summed E-state index contributed by atoms with van der Waals surface area (Å²) in [4.78, 5) is 38.6. The van der Waals surface area contributed by atoms with Gasteiger partial charge in [-0.3, -0.25) is 14.5 Å². The van der Waals surface area contributed by atoms with Crippen LogP contribution in [0.5, 0.6) is 5.75 Å². The molecule has 1 heterocycles. The second-order valence-electron chi connectivity index (χ2n) is 7.24. The monoisotopic (exact) mass is 442 g/mol. The van der Waals surface area contributed by atoms with E-state index in [-0.39, 0.29) is 22.9 Å². The maximum atomic E-state index is 12.9. The lowest BCUT2D eigenvalue weighted by Gasteiger charge is -2.23. The molecule has 2 aromatic carbocycles. The van der Waals surface area contributed by atoms with Crippen LogP contribution in [0.2, 0.25) is 0 Å². The molecule has 2 unspecified atom stereocenters. The molecule has 7 nitrogen and oxygen atoms in total. The summed E-state index contributed by atoms with van der Waals surface area (Å²) in [5, 5.41) is 2.71. The minimum atomic E-state index is -0.682. The van der Waals surface area contributed by atoms with Gasteiger partial charge in [-0.25, -0.2) is 4.79 Å². The number of methoxy groups -OCH3 is 1. The number of nitrogens with one attached hydrogen (secondary N) is 1. The van der Waals surface area contributed by atoms with E-state index in [1.807, 2.05) is 54.6 Å². The summed E-state index contributed by atoms with van der Waals surface area (Å²) in [7, 11) is 1.60. The number of carbonyl (C=O) groups excluding carboxylic acids is 3. The third-order valence-electron chi connectivity index (χ3n) is 4.96. The molecule has 1 aliphatic rings. The fourth-order valence-electron chi connectivity index (χ4n) is 3.42. The summed E-state index contributed by atoms with van der Waals surface area (Å²) in [6, 6.07) is 16.1. The van der Waals surface area contributed by atoms with E-state index in [9.17, 15) is 14.4 Å². The van der Waals surface area contributed by atoms with Crippen LogP contribution in [-0.2, 0) is 27.5 Å². The summed E-state index contributed by atoms with van der Waals surface area (Å²) in [5.41, 5.74) is 1.78. The van der Waals surface area contributed by atoms with Crippen LogP contribution in [0, 0.1) is 0 Å². The lowest BCUT2D eigenvalue weighted by molar-refractivity contribution is -0.125. The Hall–Kier alpha value is -3.00. The maximum Gasteiger partial charge on any atom is 0.410 e. The number of nitrogens with zero attached hydrogens (tertiary/aromatic N) is 1. The van der Waals surface area contributed by atoms with E-state index in [2.05, 4.69) is 5.32 Å². The number of benzene rings is 2. The molecule has 3 rings (SSSR count). The predicted molar refractivity (Wildman–Crippen MR) is 119 cm³/mol. The first-order valence-electron chi connectivity index (χ1n) is 10.0. The van der Waals surface area contributed by atoms with Crippen molar-refractivity contribution in [3.8, 4) is 5.75 Å². The van der Waals surface area contributed by atoms with E-state index >= 15 is 0 Å². The van der Waals surface area contributed by atoms with Crippen LogP contribution >= 0.6 is 11.8 Å². The van der Waals surface area contributed by atoms with Crippen LogP contribution < -0.4 is 10.1 Å². The van der Waals surface area contributed by atoms with Gasteiger partial charge in [0.25, 0.3) is 0 Å². The van der Waals surface area contributed by atoms with Gasteiger partial charge in [0.2, 0.25) is 5.91 Å². The molecular formula is C23H26N2O5S. The average molecular weight is 443 g/mol. The fraction of sp³-hybridized carbons (Fsp3) is 0.348. The topological polar surface area (TPSA) is 84.9 Å². The van der Waals surface area contributed by atoms with Gasteiger partial charge in [-0.05, 0) is 29.7 Å². The SMILES string of the molecule is COc1ccc(CNC(=O)C2CC(SC(C)=O)CN2C(=O)OCc2ccccc2)cc1. The quantitative estimate of drug-likeness (QED) is 0.708. The van der Waals surface area contributed by atoms with Gasteiger partial charge in [0, 0.05) is 25.3 Å². The highest BCUT2D eigenvalue weighted by molar-refractivity contribution is 8.14. The van der Waals surface area contributed by atoms with E-state index < -0.39 is 12.1 Å². The van der Waals surface area contributed by atoms with Crippen LogP contribution in [0.15, 0.2) is 54.6 Å². The van der Waals surface area contributed by atoms with Crippen molar-refractivity contribution in [1.29, 1.82) is 0 Å². The summed E-state index contributed by atoms with van der Waals surface area (Å²) < 4.78 is 10.6. The molecule has 1 fully saturated rings. The Kier molecular flexibility index (Phi) is 7.94. The Morgan fingerprint density at radius 2 is 1.77 bits per heavy atom. The van der Waals surface area contributed by atoms with Crippen molar-refractivity contribution < 1.29 is 23.9 Å². The highest BCUT2D eigenvalue weighted by Gasteiger charge is 2.41. The molecular weight excluding hydrogens is 416 g/mol. The van der Waals surface area contributed by atoms with Gasteiger partial charge >= 0.3 is 6.09 Å². The molecule has 1 saturated heterocycles. The van der Waals surface area contributed by atoms with Gasteiger partial charge in [0.05, 0.1) is 7.11 Å². The minimum Gasteiger partial charge on any atom is -0.497 e. The Morgan fingerprint density at radius 1 is 1.06 bits per heavy atom. The van der Waals surface area contributed by atoms with Gasteiger partial charge in [-0.15, -0.1) is 0 Å². The third kappa shape index (κ3) is 6.49. The molecule has 1 aliphatic heterocycles. The number of likely N-dealkylation sites (tertiary alicyclic amines) is 1. The largest absolute Gasteiger partial charge is 0.497 e. The number of carbonyl (C=O) groups is 3. The van der Waals surface area contributed by atoms with Crippen LogP contribution in [0.25, 0.3) is 0 Å². The van der Waals surface area contributed by atoms with Gasteiger partial charge in [0.1, 0.15) is 18.4 Å². The molecule has 1 N–H and O–H groups in total. The summed E-state index contributed by atoms with van der Waals surface area (Å²) >= 11 is 1.16.